The molecule has 0 saturated carbocycles. The second-order valence-corrected chi connectivity index (χ2v) is 7.54. The molecule has 2 heterocycles. The molecule has 0 aromatic carbocycles. The SMILES string of the molecule is C=CC1(OCCC)CC=C(c2ccncc2-c2ccsc2C(=O)OC)CC1. The van der Waals surface area contributed by atoms with Crippen LogP contribution in [0.4, 0.5) is 0 Å². The fourth-order valence-electron chi connectivity index (χ4n) is 3.43. The summed E-state index contributed by atoms with van der Waals surface area (Å²) >= 11 is 1.39. The van der Waals surface area contributed by atoms with Gasteiger partial charge < -0.3 is 9.47 Å². The van der Waals surface area contributed by atoms with Crippen molar-refractivity contribution in [3.63, 3.8) is 0 Å². The van der Waals surface area contributed by atoms with E-state index in [2.05, 4.69) is 24.6 Å². The monoisotopic (exact) mass is 383 g/mol. The second-order valence-electron chi connectivity index (χ2n) is 6.63. The molecule has 2 aromatic heterocycles. The Kier molecular flexibility index (Phi) is 6.24. The van der Waals surface area contributed by atoms with Gasteiger partial charge in [0, 0.05) is 30.1 Å². The molecule has 4 nitrogen and oxygen atoms in total. The number of carbonyl (C=O) groups excluding carboxylic acids is 1. The summed E-state index contributed by atoms with van der Waals surface area (Å²) in [5.41, 5.74) is 3.94. The first-order valence-corrected chi connectivity index (χ1v) is 10.1. The molecule has 2 aromatic rings. The molecule has 3 rings (SSSR count). The summed E-state index contributed by atoms with van der Waals surface area (Å²) in [4.78, 5) is 17.0. The zero-order chi connectivity index (χ0) is 19.3. The average molecular weight is 384 g/mol. The van der Waals surface area contributed by atoms with Crippen molar-refractivity contribution < 1.29 is 14.3 Å². The van der Waals surface area contributed by atoms with Gasteiger partial charge in [-0.3, -0.25) is 4.98 Å². The molecular formula is C22H25NO3S. The van der Waals surface area contributed by atoms with E-state index in [1.807, 2.05) is 29.8 Å². The topological polar surface area (TPSA) is 48.4 Å². The molecule has 0 N–H and O–H groups in total. The van der Waals surface area contributed by atoms with Crippen LogP contribution >= 0.6 is 11.3 Å². The highest BCUT2D eigenvalue weighted by atomic mass is 32.1. The lowest BCUT2D eigenvalue weighted by atomic mass is 9.81. The van der Waals surface area contributed by atoms with Gasteiger partial charge in [0.2, 0.25) is 0 Å². The predicted octanol–water partition coefficient (Wildman–Crippen LogP) is 5.52. The normalized spacial score (nSPS) is 19.4. The maximum atomic E-state index is 12.1. The van der Waals surface area contributed by atoms with Gasteiger partial charge in [0.15, 0.2) is 0 Å². The molecule has 1 atom stereocenters. The number of aromatic nitrogens is 1. The summed E-state index contributed by atoms with van der Waals surface area (Å²) in [5, 5.41) is 1.91. The number of methoxy groups -OCH3 is 1. The Balaban J connectivity index is 1.94. The number of ether oxygens (including phenoxy) is 2. The average Bonchev–Trinajstić information content (AvgIpc) is 3.22. The van der Waals surface area contributed by atoms with Crippen LogP contribution in [0.3, 0.4) is 0 Å². The minimum atomic E-state index is -0.314. The zero-order valence-electron chi connectivity index (χ0n) is 15.9. The number of nitrogens with zero attached hydrogens (tertiary/aromatic N) is 1. The van der Waals surface area contributed by atoms with Gasteiger partial charge in [-0.05, 0) is 54.3 Å². The van der Waals surface area contributed by atoms with E-state index in [0.717, 1.165) is 49.0 Å². The lowest BCUT2D eigenvalue weighted by Crippen LogP contribution is -2.32. The van der Waals surface area contributed by atoms with E-state index in [1.54, 1.807) is 6.20 Å². The third kappa shape index (κ3) is 4.04. The molecule has 0 spiro atoms. The minimum Gasteiger partial charge on any atom is -0.465 e. The second kappa shape index (κ2) is 8.63. The maximum Gasteiger partial charge on any atom is 0.348 e. The van der Waals surface area contributed by atoms with Crippen molar-refractivity contribution in [3.8, 4) is 11.1 Å². The Morgan fingerprint density at radius 2 is 2.22 bits per heavy atom. The largest absolute Gasteiger partial charge is 0.465 e. The molecule has 1 aliphatic rings. The Morgan fingerprint density at radius 1 is 1.37 bits per heavy atom. The van der Waals surface area contributed by atoms with Gasteiger partial charge in [0.1, 0.15) is 4.88 Å². The number of hydrogen-bond donors (Lipinski definition) is 0. The van der Waals surface area contributed by atoms with Crippen LogP contribution < -0.4 is 0 Å². The summed E-state index contributed by atoms with van der Waals surface area (Å²) < 4.78 is 11.0. The number of pyridine rings is 1. The molecule has 0 amide bonds. The molecule has 1 aliphatic carbocycles. The Bertz CT molecular complexity index is 855. The van der Waals surface area contributed by atoms with Crippen molar-refractivity contribution in [1.29, 1.82) is 0 Å². The minimum absolute atomic E-state index is 0.272. The number of carbonyl (C=O) groups is 1. The fourth-order valence-corrected chi connectivity index (χ4v) is 4.26. The van der Waals surface area contributed by atoms with Crippen LogP contribution in [0.1, 0.15) is 47.8 Å². The summed E-state index contributed by atoms with van der Waals surface area (Å²) in [6, 6.07) is 3.98. The van der Waals surface area contributed by atoms with Gasteiger partial charge in [0.25, 0.3) is 0 Å². The standard InChI is InChI=1S/C22H25NO3S/c1-4-13-26-22(5-2)10-6-16(7-11-22)17-8-12-23-15-19(17)18-9-14-27-20(18)21(24)25-3/h5-6,8-9,12,14-15H,2,4,7,10-11,13H2,1,3H3. The van der Waals surface area contributed by atoms with E-state index < -0.39 is 0 Å². The lowest BCUT2D eigenvalue weighted by molar-refractivity contribution is -0.0130. The summed E-state index contributed by atoms with van der Waals surface area (Å²) in [6.07, 6.45) is 11.4. The molecular weight excluding hydrogens is 358 g/mol. The molecule has 0 radical (unpaired) electrons. The molecule has 27 heavy (non-hydrogen) atoms. The molecule has 0 bridgehead atoms. The van der Waals surface area contributed by atoms with Crippen LogP contribution in [0.15, 0.2) is 48.6 Å². The van der Waals surface area contributed by atoms with Gasteiger partial charge in [-0.25, -0.2) is 4.79 Å². The van der Waals surface area contributed by atoms with Crippen LogP contribution in [0, 0.1) is 0 Å². The first-order valence-electron chi connectivity index (χ1n) is 9.21. The van der Waals surface area contributed by atoms with Crippen LogP contribution in [0.2, 0.25) is 0 Å². The third-order valence-electron chi connectivity index (χ3n) is 4.97. The summed E-state index contributed by atoms with van der Waals surface area (Å²) in [7, 11) is 1.41. The summed E-state index contributed by atoms with van der Waals surface area (Å²) in [5.74, 6) is -0.314. The zero-order valence-corrected chi connectivity index (χ0v) is 16.7. The van der Waals surface area contributed by atoms with Gasteiger partial charge in [-0.15, -0.1) is 17.9 Å². The first kappa shape index (κ1) is 19.5. The van der Waals surface area contributed by atoms with Crippen LogP contribution in [0.25, 0.3) is 16.7 Å². The number of rotatable bonds is 7. The Hall–Kier alpha value is -2.24. The van der Waals surface area contributed by atoms with Gasteiger partial charge in [0.05, 0.1) is 12.7 Å². The number of allylic oxidation sites excluding steroid dienone is 1. The van der Waals surface area contributed by atoms with Gasteiger partial charge >= 0.3 is 5.97 Å². The van der Waals surface area contributed by atoms with Gasteiger partial charge in [-0.2, -0.15) is 0 Å². The fraction of sp³-hybridized carbons (Fsp3) is 0.364. The maximum absolute atomic E-state index is 12.1. The predicted molar refractivity (Wildman–Crippen MR) is 110 cm³/mol. The number of esters is 1. The van der Waals surface area contributed by atoms with E-state index in [9.17, 15) is 4.79 Å². The quantitative estimate of drug-likeness (QED) is 0.467. The van der Waals surface area contributed by atoms with Crippen molar-refractivity contribution in [3.05, 3.63) is 59.1 Å². The number of thiophene rings is 1. The highest BCUT2D eigenvalue weighted by molar-refractivity contribution is 7.12. The highest BCUT2D eigenvalue weighted by Gasteiger charge is 2.30. The van der Waals surface area contributed by atoms with Crippen molar-refractivity contribution >= 4 is 22.9 Å². The molecule has 1 unspecified atom stereocenters. The van der Waals surface area contributed by atoms with E-state index in [1.165, 1.54) is 24.0 Å². The summed E-state index contributed by atoms with van der Waals surface area (Å²) in [6.45, 7) is 6.85. The van der Waals surface area contributed by atoms with Crippen molar-refractivity contribution in [2.45, 2.75) is 38.2 Å². The smallest absolute Gasteiger partial charge is 0.348 e. The lowest BCUT2D eigenvalue weighted by Gasteiger charge is -2.34. The van der Waals surface area contributed by atoms with Crippen LogP contribution in [-0.4, -0.2) is 30.3 Å². The molecule has 5 heteroatoms. The highest BCUT2D eigenvalue weighted by Crippen LogP contribution is 2.40. The molecule has 142 valence electrons. The number of hydrogen-bond acceptors (Lipinski definition) is 5. The first-order chi connectivity index (χ1) is 13.1. The van der Waals surface area contributed by atoms with E-state index >= 15 is 0 Å². The van der Waals surface area contributed by atoms with Gasteiger partial charge in [-0.1, -0.05) is 19.1 Å². The van der Waals surface area contributed by atoms with Crippen molar-refractivity contribution in [1.82, 2.24) is 4.98 Å². The Labute approximate surface area is 164 Å². The third-order valence-corrected chi connectivity index (χ3v) is 5.86. The van der Waals surface area contributed by atoms with Crippen LogP contribution in [-0.2, 0) is 9.47 Å². The molecule has 0 fully saturated rings. The van der Waals surface area contributed by atoms with E-state index in [4.69, 9.17) is 9.47 Å². The van der Waals surface area contributed by atoms with Crippen molar-refractivity contribution in [2.24, 2.45) is 0 Å². The molecule has 0 aliphatic heterocycles. The van der Waals surface area contributed by atoms with Crippen LogP contribution in [0.5, 0.6) is 0 Å². The molecule has 0 saturated heterocycles. The van der Waals surface area contributed by atoms with E-state index in [0.29, 0.717) is 4.88 Å². The Morgan fingerprint density at radius 3 is 2.89 bits per heavy atom. The van der Waals surface area contributed by atoms with Crippen molar-refractivity contribution in [2.75, 3.05) is 13.7 Å². The van der Waals surface area contributed by atoms with E-state index in [-0.39, 0.29) is 11.6 Å².